The molecule has 0 saturated heterocycles. The molecule has 0 bridgehead atoms. The molecular weight excluding hydrogens is 330 g/mol. The number of para-hydroxylation sites is 1. The Hall–Kier alpha value is -1.81. The average molecular weight is 358 g/mol. The van der Waals surface area contributed by atoms with Gasteiger partial charge < -0.3 is 0 Å². The van der Waals surface area contributed by atoms with Crippen molar-refractivity contribution in [3.8, 4) is 0 Å². The van der Waals surface area contributed by atoms with Crippen LogP contribution in [0.5, 0.6) is 0 Å². The van der Waals surface area contributed by atoms with Crippen LogP contribution in [0.4, 0.5) is 5.69 Å². The first-order valence-electron chi connectivity index (χ1n) is 9.07. The molecule has 0 atom stereocenters. The molecular formula is C21H27NO2S. The normalized spacial score (nSPS) is 14.2. The third kappa shape index (κ3) is 3.59. The summed E-state index contributed by atoms with van der Waals surface area (Å²) in [4.78, 5) is 0.362. The molecule has 0 spiro atoms. The second-order valence-electron chi connectivity index (χ2n) is 7.51. The van der Waals surface area contributed by atoms with Gasteiger partial charge in [0.2, 0.25) is 0 Å². The lowest BCUT2D eigenvalue weighted by Crippen LogP contribution is -2.17. The first kappa shape index (κ1) is 18.0. The van der Waals surface area contributed by atoms with Crippen molar-refractivity contribution in [3.63, 3.8) is 0 Å². The zero-order valence-electron chi connectivity index (χ0n) is 15.5. The highest BCUT2D eigenvalue weighted by Gasteiger charge is 2.22. The molecule has 0 amide bonds. The van der Waals surface area contributed by atoms with Crippen LogP contribution >= 0.6 is 0 Å². The van der Waals surface area contributed by atoms with Crippen molar-refractivity contribution in [2.45, 2.75) is 63.7 Å². The van der Waals surface area contributed by atoms with Gasteiger partial charge in [0.25, 0.3) is 10.0 Å². The molecule has 0 radical (unpaired) electrons. The van der Waals surface area contributed by atoms with E-state index in [0.29, 0.717) is 4.90 Å². The summed E-state index contributed by atoms with van der Waals surface area (Å²) in [5, 5.41) is 0. The van der Waals surface area contributed by atoms with Crippen LogP contribution in [0.15, 0.2) is 41.3 Å². The summed E-state index contributed by atoms with van der Waals surface area (Å²) in [5.41, 5.74) is 5.27. The molecule has 1 aliphatic rings. The maximum Gasteiger partial charge on any atom is 0.261 e. The highest BCUT2D eigenvalue weighted by molar-refractivity contribution is 7.92. The molecule has 1 aliphatic carbocycles. The van der Waals surface area contributed by atoms with Crippen LogP contribution in [0.3, 0.4) is 0 Å². The lowest BCUT2D eigenvalue weighted by Gasteiger charge is -2.21. The van der Waals surface area contributed by atoms with Crippen molar-refractivity contribution in [2.24, 2.45) is 0 Å². The second kappa shape index (κ2) is 6.83. The fourth-order valence-electron chi connectivity index (χ4n) is 3.58. The van der Waals surface area contributed by atoms with Gasteiger partial charge in [0.15, 0.2) is 0 Å². The summed E-state index contributed by atoms with van der Waals surface area (Å²) < 4.78 is 29.0. The maximum absolute atomic E-state index is 13.0. The summed E-state index contributed by atoms with van der Waals surface area (Å²) >= 11 is 0. The number of benzene rings is 2. The Bertz CT molecular complexity index is 857. The first-order valence-corrected chi connectivity index (χ1v) is 10.6. The van der Waals surface area contributed by atoms with Crippen LogP contribution in [-0.2, 0) is 22.9 Å². The maximum atomic E-state index is 13.0. The van der Waals surface area contributed by atoms with Gasteiger partial charge in [-0.25, -0.2) is 8.42 Å². The number of nitrogens with one attached hydrogen (secondary N) is 1. The van der Waals surface area contributed by atoms with E-state index in [2.05, 4.69) is 32.4 Å². The largest absolute Gasteiger partial charge is 0.279 e. The molecule has 2 aromatic rings. The lowest BCUT2D eigenvalue weighted by atomic mass is 9.93. The van der Waals surface area contributed by atoms with Gasteiger partial charge in [0.05, 0.1) is 10.6 Å². The van der Waals surface area contributed by atoms with E-state index in [1.165, 1.54) is 11.1 Å². The summed E-state index contributed by atoms with van der Waals surface area (Å²) in [6.07, 6.45) is 3.13. The fourth-order valence-corrected chi connectivity index (χ4v) is 4.74. The van der Waals surface area contributed by atoms with Crippen molar-refractivity contribution in [3.05, 3.63) is 58.7 Å². The third-order valence-corrected chi connectivity index (χ3v) is 6.34. The number of hydrogen-bond acceptors (Lipinski definition) is 2. The van der Waals surface area contributed by atoms with Crippen LogP contribution in [0.25, 0.3) is 0 Å². The van der Waals surface area contributed by atoms with E-state index in [-0.39, 0.29) is 11.8 Å². The van der Waals surface area contributed by atoms with Crippen LogP contribution in [-0.4, -0.2) is 8.42 Å². The number of fused-ring (bicyclic) bond motifs is 1. The van der Waals surface area contributed by atoms with E-state index < -0.39 is 10.0 Å². The predicted octanol–water partition coefficient (Wildman–Crippen LogP) is 5.22. The van der Waals surface area contributed by atoms with E-state index >= 15 is 0 Å². The molecule has 0 unspecified atom stereocenters. The van der Waals surface area contributed by atoms with Gasteiger partial charge in [-0.3, -0.25) is 4.72 Å². The zero-order chi connectivity index (χ0) is 18.2. The molecule has 2 aromatic carbocycles. The standard InChI is InChI=1S/C21H27NO2S/c1-14(2)19-9-6-10-20(15(3)4)21(19)22-25(23,24)18-12-11-16-7-5-8-17(16)13-18/h6,9-15,22H,5,7-8H2,1-4H3. The van der Waals surface area contributed by atoms with Crippen LogP contribution in [0.2, 0.25) is 0 Å². The van der Waals surface area contributed by atoms with Gasteiger partial charge in [0, 0.05) is 0 Å². The highest BCUT2D eigenvalue weighted by Crippen LogP contribution is 2.34. The zero-order valence-corrected chi connectivity index (χ0v) is 16.3. The average Bonchev–Trinajstić information content (AvgIpc) is 3.01. The summed E-state index contributed by atoms with van der Waals surface area (Å²) in [7, 11) is -3.60. The SMILES string of the molecule is CC(C)c1cccc(C(C)C)c1NS(=O)(=O)c1ccc2c(c1)CCC2. The van der Waals surface area contributed by atoms with E-state index in [1.54, 1.807) is 6.07 Å². The molecule has 3 rings (SSSR count). The van der Waals surface area contributed by atoms with Crippen LogP contribution in [0.1, 0.15) is 68.2 Å². The van der Waals surface area contributed by atoms with Crippen molar-refractivity contribution < 1.29 is 8.42 Å². The minimum atomic E-state index is -3.60. The Morgan fingerprint density at radius 1 is 0.880 bits per heavy atom. The Morgan fingerprint density at radius 3 is 2.08 bits per heavy atom. The van der Waals surface area contributed by atoms with Gasteiger partial charge in [-0.05, 0) is 65.5 Å². The van der Waals surface area contributed by atoms with E-state index in [1.807, 2.05) is 30.3 Å². The molecule has 0 aliphatic heterocycles. The van der Waals surface area contributed by atoms with Gasteiger partial charge in [-0.2, -0.15) is 0 Å². The second-order valence-corrected chi connectivity index (χ2v) is 9.19. The number of sulfonamides is 1. The highest BCUT2D eigenvalue weighted by atomic mass is 32.2. The van der Waals surface area contributed by atoms with Gasteiger partial charge in [-0.1, -0.05) is 52.0 Å². The van der Waals surface area contributed by atoms with Gasteiger partial charge >= 0.3 is 0 Å². The monoisotopic (exact) mass is 357 g/mol. The van der Waals surface area contributed by atoms with Gasteiger partial charge in [-0.15, -0.1) is 0 Å². The Morgan fingerprint density at radius 2 is 1.48 bits per heavy atom. The minimum Gasteiger partial charge on any atom is -0.279 e. The molecule has 0 aromatic heterocycles. The smallest absolute Gasteiger partial charge is 0.261 e. The molecule has 4 heteroatoms. The Balaban J connectivity index is 2.04. The molecule has 1 N–H and O–H groups in total. The van der Waals surface area contributed by atoms with E-state index in [4.69, 9.17) is 0 Å². The number of rotatable bonds is 5. The fraction of sp³-hybridized carbons (Fsp3) is 0.429. The van der Waals surface area contributed by atoms with E-state index in [9.17, 15) is 8.42 Å². The summed E-state index contributed by atoms with van der Waals surface area (Å²) in [5.74, 6) is 0.493. The summed E-state index contributed by atoms with van der Waals surface area (Å²) in [6, 6.07) is 11.6. The Labute approximate surface area is 151 Å². The third-order valence-electron chi connectivity index (χ3n) is 4.99. The van der Waals surface area contributed by atoms with Crippen LogP contribution in [0, 0.1) is 0 Å². The molecule has 25 heavy (non-hydrogen) atoms. The van der Waals surface area contributed by atoms with Crippen molar-refractivity contribution in [1.29, 1.82) is 0 Å². The molecule has 134 valence electrons. The Kier molecular flexibility index (Phi) is 4.92. The number of hydrogen-bond donors (Lipinski definition) is 1. The molecule has 0 fully saturated rings. The molecule has 0 heterocycles. The van der Waals surface area contributed by atoms with Crippen molar-refractivity contribution >= 4 is 15.7 Å². The van der Waals surface area contributed by atoms with Crippen molar-refractivity contribution in [1.82, 2.24) is 0 Å². The quantitative estimate of drug-likeness (QED) is 0.797. The van der Waals surface area contributed by atoms with Crippen molar-refractivity contribution in [2.75, 3.05) is 4.72 Å². The minimum absolute atomic E-state index is 0.247. The van der Waals surface area contributed by atoms with E-state index in [0.717, 1.165) is 36.1 Å². The number of aryl methyl sites for hydroxylation is 2. The molecule has 3 nitrogen and oxygen atoms in total. The summed E-state index contributed by atoms with van der Waals surface area (Å²) in [6.45, 7) is 8.36. The first-order chi connectivity index (χ1) is 11.8. The predicted molar refractivity (Wildman–Crippen MR) is 104 cm³/mol. The van der Waals surface area contributed by atoms with Gasteiger partial charge in [0.1, 0.15) is 0 Å². The lowest BCUT2D eigenvalue weighted by molar-refractivity contribution is 0.601. The topological polar surface area (TPSA) is 46.2 Å². The molecule has 0 saturated carbocycles. The number of anilines is 1. The van der Waals surface area contributed by atoms with Crippen LogP contribution < -0.4 is 4.72 Å².